The molecule has 18 heavy (non-hydrogen) atoms. The summed E-state index contributed by atoms with van der Waals surface area (Å²) in [5.41, 5.74) is 8.05. The maximum atomic E-state index is 6.02. The van der Waals surface area contributed by atoms with Gasteiger partial charge in [-0.25, -0.2) is 4.52 Å². The number of rotatable bonds is 1. The fourth-order valence-corrected chi connectivity index (χ4v) is 2.09. The molecule has 0 amide bonds. The molecule has 90 valence electrons. The number of nitrogens with zero attached hydrogens (tertiary/aromatic N) is 3. The number of hydrogen-bond acceptors (Lipinski definition) is 3. The molecule has 0 aliphatic rings. The summed E-state index contributed by atoms with van der Waals surface area (Å²) in [6, 6.07) is 11.1. The van der Waals surface area contributed by atoms with E-state index < -0.39 is 0 Å². The van der Waals surface area contributed by atoms with Crippen molar-refractivity contribution in [2.45, 2.75) is 0 Å². The topological polar surface area (TPSA) is 56.2 Å². The van der Waals surface area contributed by atoms with Gasteiger partial charge in [0.15, 0.2) is 5.65 Å². The number of anilines is 1. The highest BCUT2D eigenvalue weighted by molar-refractivity contribution is 6.42. The normalized spacial score (nSPS) is 11.0. The molecule has 4 nitrogen and oxygen atoms in total. The third-order valence-corrected chi connectivity index (χ3v) is 3.33. The van der Waals surface area contributed by atoms with E-state index in [-0.39, 0.29) is 5.95 Å². The summed E-state index contributed by atoms with van der Waals surface area (Å²) in [7, 11) is 0. The van der Waals surface area contributed by atoms with Gasteiger partial charge < -0.3 is 5.73 Å². The van der Waals surface area contributed by atoms with Crippen LogP contribution in [0.2, 0.25) is 10.0 Å². The van der Waals surface area contributed by atoms with Crippen molar-refractivity contribution in [2.24, 2.45) is 0 Å². The van der Waals surface area contributed by atoms with E-state index >= 15 is 0 Å². The fourth-order valence-electron chi connectivity index (χ4n) is 1.80. The molecule has 0 unspecified atom stereocenters. The Morgan fingerprint density at radius 2 is 1.89 bits per heavy atom. The van der Waals surface area contributed by atoms with Crippen LogP contribution in [0.25, 0.3) is 16.9 Å². The molecule has 0 aliphatic heterocycles. The Kier molecular flexibility index (Phi) is 2.61. The second-order valence-electron chi connectivity index (χ2n) is 3.78. The zero-order chi connectivity index (χ0) is 12.7. The average molecular weight is 279 g/mol. The first kappa shape index (κ1) is 11.3. The van der Waals surface area contributed by atoms with Gasteiger partial charge in [0.25, 0.3) is 0 Å². The Hall–Kier alpha value is -1.78. The van der Waals surface area contributed by atoms with Crippen molar-refractivity contribution in [2.75, 3.05) is 5.73 Å². The van der Waals surface area contributed by atoms with Crippen LogP contribution in [-0.4, -0.2) is 14.6 Å². The molecule has 1 aromatic carbocycles. The van der Waals surface area contributed by atoms with E-state index in [2.05, 4.69) is 10.1 Å². The number of aromatic nitrogens is 3. The first-order valence-electron chi connectivity index (χ1n) is 5.22. The van der Waals surface area contributed by atoms with E-state index in [1.165, 1.54) is 0 Å². The number of benzene rings is 1. The largest absolute Gasteiger partial charge is 0.366 e. The van der Waals surface area contributed by atoms with Crippen LogP contribution >= 0.6 is 23.2 Å². The minimum Gasteiger partial charge on any atom is -0.366 e. The summed E-state index contributed by atoms with van der Waals surface area (Å²) >= 11 is 11.9. The molecule has 0 fully saturated rings. The van der Waals surface area contributed by atoms with Crippen molar-refractivity contribution in [3.63, 3.8) is 0 Å². The minimum absolute atomic E-state index is 0.238. The molecule has 2 aromatic heterocycles. The number of fused-ring (bicyclic) bond motifs is 1. The molecule has 0 spiro atoms. The SMILES string of the molecule is Nc1nc2cccc(-c3ccc(Cl)c(Cl)c3)n2n1. The lowest BCUT2D eigenvalue weighted by Crippen LogP contribution is -1.94. The Bertz CT molecular complexity index is 736. The monoisotopic (exact) mass is 278 g/mol. The lowest BCUT2D eigenvalue weighted by molar-refractivity contribution is 0.976. The molecule has 3 aromatic rings. The zero-order valence-electron chi connectivity index (χ0n) is 9.14. The maximum absolute atomic E-state index is 6.02. The molecule has 3 rings (SSSR count). The highest BCUT2D eigenvalue weighted by Gasteiger charge is 2.08. The molecular formula is C12H8Cl2N4. The molecule has 0 saturated carbocycles. The summed E-state index contributed by atoms with van der Waals surface area (Å²) in [4.78, 5) is 4.11. The molecule has 2 heterocycles. The van der Waals surface area contributed by atoms with Crippen molar-refractivity contribution in [1.82, 2.24) is 14.6 Å². The third kappa shape index (κ3) is 1.79. The lowest BCUT2D eigenvalue weighted by atomic mass is 10.1. The van der Waals surface area contributed by atoms with E-state index in [1.807, 2.05) is 24.3 Å². The molecular weight excluding hydrogens is 271 g/mol. The Balaban J connectivity index is 2.27. The predicted molar refractivity (Wildman–Crippen MR) is 72.9 cm³/mol. The summed E-state index contributed by atoms with van der Waals surface area (Å²) in [5, 5.41) is 5.17. The Labute approximate surface area is 113 Å². The van der Waals surface area contributed by atoms with Crippen molar-refractivity contribution in [3.8, 4) is 11.3 Å². The highest BCUT2D eigenvalue weighted by Crippen LogP contribution is 2.28. The van der Waals surface area contributed by atoms with Crippen LogP contribution in [0.5, 0.6) is 0 Å². The van der Waals surface area contributed by atoms with Crippen LogP contribution < -0.4 is 5.73 Å². The quantitative estimate of drug-likeness (QED) is 0.743. The van der Waals surface area contributed by atoms with E-state index in [4.69, 9.17) is 28.9 Å². The van der Waals surface area contributed by atoms with Crippen LogP contribution in [0.4, 0.5) is 5.95 Å². The van der Waals surface area contributed by atoms with Gasteiger partial charge in [0.2, 0.25) is 5.95 Å². The summed E-state index contributed by atoms with van der Waals surface area (Å²) in [5.74, 6) is 0.238. The fraction of sp³-hybridized carbons (Fsp3) is 0. The van der Waals surface area contributed by atoms with Crippen LogP contribution in [0.1, 0.15) is 0 Å². The van der Waals surface area contributed by atoms with Gasteiger partial charge in [-0.2, -0.15) is 4.98 Å². The molecule has 0 atom stereocenters. The minimum atomic E-state index is 0.238. The van der Waals surface area contributed by atoms with Gasteiger partial charge in [-0.05, 0) is 24.3 Å². The van der Waals surface area contributed by atoms with Crippen molar-refractivity contribution in [3.05, 3.63) is 46.4 Å². The second kappa shape index (κ2) is 4.15. The van der Waals surface area contributed by atoms with Crippen molar-refractivity contribution in [1.29, 1.82) is 0 Å². The van der Waals surface area contributed by atoms with Gasteiger partial charge in [-0.1, -0.05) is 35.3 Å². The molecule has 6 heteroatoms. The predicted octanol–water partition coefficient (Wildman–Crippen LogP) is 3.29. The number of nitrogens with two attached hydrogens (primary N) is 1. The van der Waals surface area contributed by atoms with Crippen LogP contribution in [0.3, 0.4) is 0 Å². The highest BCUT2D eigenvalue weighted by atomic mass is 35.5. The van der Waals surface area contributed by atoms with Gasteiger partial charge in [0, 0.05) is 5.56 Å². The van der Waals surface area contributed by atoms with Gasteiger partial charge >= 0.3 is 0 Å². The first-order chi connectivity index (χ1) is 8.65. The smallest absolute Gasteiger partial charge is 0.240 e. The van der Waals surface area contributed by atoms with Gasteiger partial charge in [-0.15, -0.1) is 5.10 Å². The van der Waals surface area contributed by atoms with Crippen LogP contribution in [0, 0.1) is 0 Å². The van der Waals surface area contributed by atoms with Gasteiger partial charge in [-0.3, -0.25) is 0 Å². The van der Waals surface area contributed by atoms with Gasteiger partial charge in [0.05, 0.1) is 15.7 Å². The Morgan fingerprint density at radius 1 is 1.06 bits per heavy atom. The average Bonchev–Trinajstić information content (AvgIpc) is 2.72. The van der Waals surface area contributed by atoms with E-state index in [0.29, 0.717) is 15.7 Å². The van der Waals surface area contributed by atoms with E-state index in [0.717, 1.165) is 11.3 Å². The van der Waals surface area contributed by atoms with E-state index in [1.54, 1.807) is 16.6 Å². The standard InChI is InChI=1S/C12H8Cl2N4/c13-8-5-4-7(6-9(8)14)10-2-1-3-11-16-12(15)17-18(10)11/h1-6H,(H2,15,17). The number of hydrogen-bond donors (Lipinski definition) is 1. The molecule has 0 saturated heterocycles. The van der Waals surface area contributed by atoms with Crippen molar-refractivity contribution >= 4 is 34.8 Å². The molecule has 0 bridgehead atoms. The Morgan fingerprint density at radius 3 is 2.67 bits per heavy atom. The lowest BCUT2D eigenvalue weighted by Gasteiger charge is -2.05. The van der Waals surface area contributed by atoms with Gasteiger partial charge in [0.1, 0.15) is 0 Å². The summed E-state index contributed by atoms with van der Waals surface area (Å²) < 4.78 is 1.68. The zero-order valence-corrected chi connectivity index (χ0v) is 10.7. The molecule has 2 N–H and O–H groups in total. The first-order valence-corrected chi connectivity index (χ1v) is 5.97. The number of halogens is 2. The number of nitrogen functional groups attached to an aromatic ring is 1. The maximum Gasteiger partial charge on any atom is 0.240 e. The molecule has 0 aliphatic carbocycles. The summed E-state index contributed by atoms with van der Waals surface area (Å²) in [6.45, 7) is 0. The summed E-state index contributed by atoms with van der Waals surface area (Å²) in [6.07, 6.45) is 0. The second-order valence-corrected chi connectivity index (χ2v) is 4.59. The third-order valence-electron chi connectivity index (χ3n) is 2.59. The molecule has 0 radical (unpaired) electrons. The van der Waals surface area contributed by atoms with Crippen LogP contribution in [0.15, 0.2) is 36.4 Å². The number of pyridine rings is 1. The van der Waals surface area contributed by atoms with Crippen LogP contribution in [-0.2, 0) is 0 Å². The van der Waals surface area contributed by atoms with E-state index in [9.17, 15) is 0 Å². The van der Waals surface area contributed by atoms with Crippen molar-refractivity contribution < 1.29 is 0 Å².